The summed E-state index contributed by atoms with van der Waals surface area (Å²) >= 11 is 2.05. The second kappa shape index (κ2) is 7.34. The average Bonchev–Trinajstić information content (AvgIpc) is 2.96. The first-order chi connectivity index (χ1) is 10.7. The summed E-state index contributed by atoms with van der Waals surface area (Å²) in [5.74, 6) is 0. The van der Waals surface area contributed by atoms with Crippen LogP contribution in [0.1, 0.15) is 31.0 Å². The quantitative estimate of drug-likeness (QED) is 0.833. The molecule has 0 bridgehead atoms. The van der Waals surface area contributed by atoms with Crippen LogP contribution in [0.4, 0.5) is 0 Å². The summed E-state index contributed by atoms with van der Waals surface area (Å²) in [4.78, 5) is 8.25. The molecule has 22 heavy (non-hydrogen) atoms. The topological polar surface area (TPSA) is 21.1 Å². The molecule has 0 unspecified atom stereocenters. The van der Waals surface area contributed by atoms with Crippen LogP contribution in [-0.4, -0.2) is 32.8 Å². The minimum atomic E-state index is 0.758. The third-order valence-electron chi connectivity index (χ3n) is 4.35. The SMILES string of the molecule is CCn1cncc1CN1CCC(Sc2cccc(C)c2)CC1. The van der Waals surface area contributed by atoms with Crippen molar-refractivity contribution in [2.24, 2.45) is 0 Å². The van der Waals surface area contributed by atoms with Crippen molar-refractivity contribution >= 4 is 11.8 Å². The zero-order valence-electron chi connectivity index (χ0n) is 13.5. The molecule has 1 saturated heterocycles. The van der Waals surface area contributed by atoms with Crippen molar-refractivity contribution in [3.05, 3.63) is 48.0 Å². The second-order valence-electron chi connectivity index (χ2n) is 6.08. The van der Waals surface area contributed by atoms with Gasteiger partial charge in [-0.25, -0.2) is 4.98 Å². The lowest BCUT2D eigenvalue weighted by Gasteiger charge is -2.31. The molecule has 2 heterocycles. The number of hydrogen-bond donors (Lipinski definition) is 0. The maximum Gasteiger partial charge on any atom is 0.0948 e. The van der Waals surface area contributed by atoms with E-state index in [2.05, 4.69) is 64.3 Å². The number of piperidine rings is 1. The number of benzene rings is 1. The molecule has 3 rings (SSSR count). The third kappa shape index (κ3) is 3.93. The van der Waals surface area contributed by atoms with Gasteiger partial charge in [0, 0.05) is 29.4 Å². The minimum absolute atomic E-state index is 0.758. The summed E-state index contributed by atoms with van der Waals surface area (Å²) in [5.41, 5.74) is 2.70. The van der Waals surface area contributed by atoms with Gasteiger partial charge in [-0.15, -0.1) is 11.8 Å². The number of aryl methyl sites for hydroxylation is 2. The van der Waals surface area contributed by atoms with Crippen LogP contribution in [0, 0.1) is 6.92 Å². The summed E-state index contributed by atoms with van der Waals surface area (Å²) in [6, 6.07) is 8.88. The molecule has 1 fully saturated rings. The summed E-state index contributed by atoms with van der Waals surface area (Å²) in [7, 11) is 0. The van der Waals surface area contributed by atoms with E-state index in [9.17, 15) is 0 Å². The first-order valence-corrected chi connectivity index (χ1v) is 9.07. The largest absolute Gasteiger partial charge is 0.334 e. The van der Waals surface area contributed by atoms with E-state index in [1.165, 1.54) is 42.1 Å². The van der Waals surface area contributed by atoms with Gasteiger partial charge >= 0.3 is 0 Å². The van der Waals surface area contributed by atoms with Crippen molar-refractivity contribution in [3.63, 3.8) is 0 Å². The number of thioether (sulfide) groups is 1. The van der Waals surface area contributed by atoms with Crippen LogP contribution < -0.4 is 0 Å². The van der Waals surface area contributed by atoms with E-state index in [1.807, 2.05) is 12.5 Å². The lowest BCUT2D eigenvalue weighted by molar-refractivity contribution is 0.220. The van der Waals surface area contributed by atoms with E-state index in [-0.39, 0.29) is 0 Å². The van der Waals surface area contributed by atoms with Crippen molar-refractivity contribution in [3.8, 4) is 0 Å². The van der Waals surface area contributed by atoms with Crippen molar-refractivity contribution in [2.75, 3.05) is 13.1 Å². The predicted octanol–water partition coefficient (Wildman–Crippen LogP) is 3.97. The highest BCUT2D eigenvalue weighted by atomic mass is 32.2. The molecule has 1 aliphatic heterocycles. The fourth-order valence-corrected chi connectivity index (χ4v) is 4.30. The number of likely N-dealkylation sites (tertiary alicyclic amines) is 1. The predicted molar refractivity (Wildman–Crippen MR) is 93.2 cm³/mol. The van der Waals surface area contributed by atoms with Gasteiger partial charge in [0.05, 0.1) is 12.0 Å². The smallest absolute Gasteiger partial charge is 0.0948 e. The van der Waals surface area contributed by atoms with Gasteiger partial charge in [0.1, 0.15) is 0 Å². The van der Waals surface area contributed by atoms with Gasteiger partial charge in [-0.05, 0) is 51.9 Å². The molecule has 0 N–H and O–H groups in total. The van der Waals surface area contributed by atoms with Crippen LogP contribution >= 0.6 is 11.8 Å². The number of hydrogen-bond acceptors (Lipinski definition) is 3. The second-order valence-corrected chi connectivity index (χ2v) is 7.45. The molecule has 1 aromatic heterocycles. The van der Waals surface area contributed by atoms with E-state index in [0.717, 1.165) is 18.3 Å². The zero-order chi connectivity index (χ0) is 15.4. The van der Waals surface area contributed by atoms with Crippen molar-refractivity contribution in [1.82, 2.24) is 14.5 Å². The molecule has 0 spiro atoms. The van der Waals surface area contributed by atoms with E-state index < -0.39 is 0 Å². The standard InChI is InChI=1S/C18H25N3S/c1-3-21-14-19-12-16(21)13-20-9-7-17(8-10-20)22-18-6-4-5-15(2)11-18/h4-6,11-12,14,17H,3,7-10,13H2,1-2H3. The van der Waals surface area contributed by atoms with E-state index >= 15 is 0 Å². The van der Waals surface area contributed by atoms with Crippen LogP contribution in [0.15, 0.2) is 41.7 Å². The minimum Gasteiger partial charge on any atom is -0.334 e. The average molecular weight is 315 g/mol. The summed E-state index contributed by atoms with van der Waals surface area (Å²) in [6.07, 6.45) is 6.50. The summed E-state index contributed by atoms with van der Waals surface area (Å²) in [5, 5.41) is 0.758. The van der Waals surface area contributed by atoms with Gasteiger partial charge in [-0.2, -0.15) is 0 Å². The Morgan fingerprint density at radius 3 is 2.82 bits per heavy atom. The molecular weight excluding hydrogens is 290 g/mol. The fourth-order valence-electron chi connectivity index (χ4n) is 3.06. The van der Waals surface area contributed by atoms with Crippen molar-refractivity contribution < 1.29 is 0 Å². The highest BCUT2D eigenvalue weighted by Gasteiger charge is 2.20. The summed E-state index contributed by atoms with van der Waals surface area (Å²) in [6.45, 7) is 8.78. The number of nitrogens with zero attached hydrogens (tertiary/aromatic N) is 3. The van der Waals surface area contributed by atoms with Gasteiger partial charge in [0.2, 0.25) is 0 Å². The Morgan fingerprint density at radius 2 is 2.09 bits per heavy atom. The highest BCUT2D eigenvalue weighted by Crippen LogP contribution is 2.31. The molecule has 4 heteroatoms. The van der Waals surface area contributed by atoms with Crippen LogP contribution in [0.5, 0.6) is 0 Å². The Hall–Kier alpha value is -1.26. The number of imidazole rings is 1. The van der Waals surface area contributed by atoms with Gasteiger partial charge in [-0.3, -0.25) is 4.90 Å². The molecular formula is C18H25N3S. The Kier molecular flexibility index (Phi) is 5.21. The molecule has 118 valence electrons. The molecule has 0 aliphatic carbocycles. The van der Waals surface area contributed by atoms with Gasteiger partial charge in [0.15, 0.2) is 0 Å². The Balaban J connectivity index is 1.50. The van der Waals surface area contributed by atoms with Crippen LogP contribution in [-0.2, 0) is 13.1 Å². The molecule has 3 nitrogen and oxygen atoms in total. The van der Waals surface area contributed by atoms with Gasteiger partial charge in [-0.1, -0.05) is 17.7 Å². The molecule has 0 amide bonds. The van der Waals surface area contributed by atoms with E-state index in [4.69, 9.17) is 0 Å². The Bertz CT molecular complexity index is 600. The monoisotopic (exact) mass is 315 g/mol. The van der Waals surface area contributed by atoms with E-state index in [0.29, 0.717) is 0 Å². The first kappa shape index (κ1) is 15.6. The molecule has 1 aromatic carbocycles. The lowest BCUT2D eigenvalue weighted by atomic mass is 10.1. The molecule has 1 aliphatic rings. The maximum atomic E-state index is 4.27. The normalized spacial score (nSPS) is 17.0. The Labute approximate surface area is 137 Å². The van der Waals surface area contributed by atoms with Crippen molar-refractivity contribution in [2.45, 2.75) is 49.9 Å². The van der Waals surface area contributed by atoms with Gasteiger partial charge in [0.25, 0.3) is 0 Å². The Morgan fingerprint density at radius 1 is 1.27 bits per heavy atom. The molecule has 0 saturated carbocycles. The molecule has 2 aromatic rings. The fraction of sp³-hybridized carbons (Fsp3) is 0.500. The lowest BCUT2D eigenvalue weighted by Crippen LogP contribution is -2.34. The maximum absolute atomic E-state index is 4.27. The van der Waals surface area contributed by atoms with Crippen LogP contribution in [0.3, 0.4) is 0 Å². The molecule has 0 radical (unpaired) electrons. The van der Waals surface area contributed by atoms with Crippen LogP contribution in [0.25, 0.3) is 0 Å². The first-order valence-electron chi connectivity index (χ1n) is 8.19. The zero-order valence-corrected chi connectivity index (χ0v) is 14.4. The van der Waals surface area contributed by atoms with Gasteiger partial charge < -0.3 is 4.57 Å². The number of rotatable bonds is 5. The van der Waals surface area contributed by atoms with E-state index in [1.54, 1.807) is 0 Å². The third-order valence-corrected chi connectivity index (χ3v) is 5.68. The molecule has 0 atom stereocenters. The highest BCUT2D eigenvalue weighted by molar-refractivity contribution is 8.00. The van der Waals surface area contributed by atoms with Crippen molar-refractivity contribution in [1.29, 1.82) is 0 Å². The summed E-state index contributed by atoms with van der Waals surface area (Å²) < 4.78 is 2.24. The number of aromatic nitrogens is 2. The van der Waals surface area contributed by atoms with Crippen LogP contribution in [0.2, 0.25) is 0 Å².